The Morgan fingerprint density at radius 2 is 1.44 bits per heavy atom. The van der Waals surface area contributed by atoms with Crippen molar-refractivity contribution in [2.45, 2.75) is 13.3 Å². The maximum Gasteiger partial charge on any atom is -0.0184 e. The van der Waals surface area contributed by atoms with Crippen LogP contribution in [0.3, 0.4) is 0 Å². The van der Waals surface area contributed by atoms with E-state index in [0.717, 1.165) is 6.42 Å². The third-order valence-electron chi connectivity index (χ3n) is 2.83. The molecule has 0 aliphatic carbocycles. The van der Waals surface area contributed by atoms with Crippen LogP contribution >= 0.6 is 0 Å². The number of benzene rings is 2. The molecule has 0 aliphatic rings. The van der Waals surface area contributed by atoms with Crippen LogP contribution in [0.4, 0.5) is 0 Å². The van der Waals surface area contributed by atoms with Gasteiger partial charge in [-0.25, -0.2) is 0 Å². The molecule has 80 valence electrons. The fourth-order valence-corrected chi connectivity index (χ4v) is 1.73. The Labute approximate surface area is 97.3 Å². The van der Waals surface area contributed by atoms with Crippen molar-refractivity contribution >= 4 is 5.57 Å². The zero-order valence-corrected chi connectivity index (χ0v) is 9.61. The van der Waals surface area contributed by atoms with E-state index in [1.54, 1.807) is 0 Å². The van der Waals surface area contributed by atoms with E-state index in [2.05, 4.69) is 62.0 Å². The molecule has 2 rings (SSSR count). The molecular weight excluding hydrogens is 192 g/mol. The summed E-state index contributed by atoms with van der Waals surface area (Å²) in [5, 5.41) is 0. The molecule has 0 atom stereocenters. The number of hydrogen-bond acceptors (Lipinski definition) is 0. The van der Waals surface area contributed by atoms with Crippen LogP contribution in [-0.4, -0.2) is 0 Å². The molecular formula is C16H16. The standard InChI is InChI=1S/C16H16/c1-3-13(2)14-9-11-16(12-10-14)15-7-5-4-6-8-15/h4-12H,2-3H2,1H3. The first-order valence-electron chi connectivity index (χ1n) is 5.65. The maximum absolute atomic E-state index is 4.05. The summed E-state index contributed by atoms with van der Waals surface area (Å²) < 4.78 is 0. The van der Waals surface area contributed by atoms with Crippen LogP contribution < -0.4 is 0 Å². The summed E-state index contributed by atoms with van der Waals surface area (Å²) in [5.41, 5.74) is 4.95. The minimum Gasteiger partial charge on any atom is -0.0952 e. The van der Waals surface area contributed by atoms with E-state index in [4.69, 9.17) is 0 Å². The van der Waals surface area contributed by atoms with Crippen molar-refractivity contribution in [3.8, 4) is 11.1 Å². The quantitative estimate of drug-likeness (QED) is 0.681. The summed E-state index contributed by atoms with van der Waals surface area (Å²) in [7, 11) is 0. The van der Waals surface area contributed by atoms with Crippen LogP contribution in [-0.2, 0) is 0 Å². The lowest BCUT2D eigenvalue weighted by Crippen LogP contribution is -1.82. The Bertz CT molecular complexity index is 463. The van der Waals surface area contributed by atoms with Crippen LogP contribution in [0, 0.1) is 0 Å². The first-order valence-corrected chi connectivity index (χ1v) is 5.65. The SMILES string of the molecule is C=C(CC)c1ccc(-c2ccccc2)cc1. The van der Waals surface area contributed by atoms with Gasteiger partial charge in [-0.1, -0.05) is 68.1 Å². The third-order valence-corrected chi connectivity index (χ3v) is 2.83. The molecule has 2 aromatic carbocycles. The highest BCUT2D eigenvalue weighted by atomic mass is 14.0. The first-order chi connectivity index (χ1) is 7.81. The molecule has 0 unspecified atom stereocenters. The second kappa shape index (κ2) is 4.80. The summed E-state index contributed by atoms with van der Waals surface area (Å²) >= 11 is 0. The molecule has 16 heavy (non-hydrogen) atoms. The Hall–Kier alpha value is -1.82. The predicted octanol–water partition coefficient (Wildman–Crippen LogP) is 4.78. The van der Waals surface area contributed by atoms with Gasteiger partial charge in [0.15, 0.2) is 0 Å². The summed E-state index contributed by atoms with van der Waals surface area (Å²) in [5.74, 6) is 0. The molecule has 0 bridgehead atoms. The minimum atomic E-state index is 1.00. The molecule has 0 radical (unpaired) electrons. The van der Waals surface area contributed by atoms with Gasteiger partial charge in [-0.3, -0.25) is 0 Å². The van der Waals surface area contributed by atoms with Gasteiger partial charge >= 0.3 is 0 Å². The molecule has 0 N–H and O–H groups in total. The molecule has 0 heteroatoms. The summed E-state index contributed by atoms with van der Waals surface area (Å²) in [6.45, 7) is 6.18. The summed E-state index contributed by atoms with van der Waals surface area (Å²) in [4.78, 5) is 0. The van der Waals surface area contributed by atoms with Gasteiger partial charge in [-0.2, -0.15) is 0 Å². The smallest absolute Gasteiger partial charge is 0.0184 e. The molecule has 0 heterocycles. The van der Waals surface area contributed by atoms with Gasteiger partial charge in [-0.05, 0) is 28.7 Å². The van der Waals surface area contributed by atoms with E-state index in [0.29, 0.717) is 0 Å². The number of hydrogen-bond donors (Lipinski definition) is 0. The van der Waals surface area contributed by atoms with Gasteiger partial charge in [0, 0.05) is 0 Å². The Kier molecular flexibility index (Phi) is 3.21. The number of allylic oxidation sites excluding steroid dienone is 1. The van der Waals surface area contributed by atoms with Gasteiger partial charge in [-0.15, -0.1) is 0 Å². The van der Waals surface area contributed by atoms with Crippen molar-refractivity contribution in [1.29, 1.82) is 0 Å². The molecule has 0 saturated heterocycles. The van der Waals surface area contributed by atoms with Crippen molar-refractivity contribution in [2.24, 2.45) is 0 Å². The first kappa shape index (κ1) is 10.7. The number of rotatable bonds is 3. The van der Waals surface area contributed by atoms with Gasteiger partial charge < -0.3 is 0 Å². The third kappa shape index (κ3) is 2.22. The van der Waals surface area contributed by atoms with Crippen molar-refractivity contribution in [1.82, 2.24) is 0 Å². The lowest BCUT2D eigenvalue weighted by Gasteiger charge is -2.05. The molecule has 0 aromatic heterocycles. The highest BCUT2D eigenvalue weighted by Gasteiger charge is 1.98. The molecule has 0 saturated carbocycles. The van der Waals surface area contributed by atoms with E-state index in [-0.39, 0.29) is 0 Å². The van der Waals surface area contributed by atoms with E-state index in [1.807, 2.05) is 6.07 Å². The highest BCUT2D eigenvalue weighted by molar-refractivity contribution is 5.69. The molecule has 0 nitrogen and oxygen atoms in total. The van der Waals surface area contributed by atoms with Crippen LogP contribution in [0.1, 0.15) is 18.9 Å². The van der Waals surface area contributed by atoms with Crippen molar-refractivity contribution in [3.05, 3.63) is 66.7 Å². The van der Waals surface area contributed by atoms with E-state index in [1.165, 1.54) is 22.3 Å². The van der Waals surface area contributed by atoms with Gasteiger partial charge in [0.25, 0.3) is 0 Å². The average Bonchev–Trinajstić information content (AvgIpc) is 2.39. The van der Waals surface area contributed by atoms with Gasteiger partial charge in [0.1, 0.15) is 0 Å². The van der Waals surface area contributed by atoms with Crippen molar-refractivity contribution in [2.75, 3.05) is 0 Å². The van der Waals surface area contributed by atoms with E-state index >= 15 is 0 Å². The molecule has 0 amide bonds. The van der Waals surface area contributed by atoms with Crippen LogP contribution in [0.2, 0.25) is 0 Å². The highest BCUT2D eigenvalue weighted by Crippen LogP contribution is 2.22. The summed E-state index contributed by atoms with van der Waals surface area (Å²) in [6.07, 6.45) is 1.00. The second-order valence-corrected chi connectivity index (χ2v) is 3.90. The van der Waals surface area contributed by atoms with Crippen LogP contribution in [0.25, 0.3) is 16.7 Å². The van der Waals surface area contributed by atoms with Crippen LogP contribution in [0.5, 0.6) is 0 Å². The summed E-state index contributed by atoms with van der Waals surface area (Å²) in [6, 6.07) is 19.0. The van der Waals surface area contributed by atoms with Crippen molar-refractivity contribution in [3.63, 3.8) is 0 Å². The average molecular weight is 208 g/mol. The largest absolute Gasteiger partial charge is 0.0952 e. The fourth-order valence-electron chi connectivity index (χ4n) is 1.73. The lowest BCUT2D eigenvalue weighted by molar-refractivity contribution is 1.24. The molecule has 0 spiro atoms. The lowest BCUT2D eigenvalue weighted by atomic mass is 10.0. The second-order valence-electron chi connectivity index (χ2n) is 3.90. The monoisotopic (exact) mass is 208 g/mol. The maximum atomic E-state index is 4.05. The Morgan fingerprint density at radius 1 is 0.875 bits per heavy atom. The van der Waals surface area contributed by atoms with Crippen molar-refractivity contribution < 1.29 is 0 Å². The zero-order valence-electron chi connectivity index (χ0n) is 9.61. The topological polar surface area (TPSA) is 0 Å². The van der Waals surface area contributed by atoms with Gasteiger partial charge in [0.05, 0.1) is 0 Å². The van der Waals surface area contributed by atoms with Crippen LogP contribution in [0.15, 0.2) is 61.2 Å². The molecule has 0 fully saturated rings. The Morgan fingerprint density at radius 3 is 2.00 bits per heavy atom. The van der Waals surface area contributed by atoms with E-state index < -0.39 is 0 Å². The predicted molar refractivity (Wildman–Crippen MR) is 71.2 cm³/mol. The molecule has 2 aromatic rings. The molecule has 0 aliphatic heterocycles. The zero-order chi connectivity index (χ0) is 11.4. The van der Waals surface area contributed by atoms with Gasteiger partial charge in [0.2, 0.25) is 0 Å². The van der Waals surface area contributed by atoms with E-state index in [9.17, 15) is 0 Å². The normalized spacial score (nSPS) is 10.1. The minimum absolute atomic E-state index is 1.00. The fraction of sp³-hybridized carbons (Fsp3) is 0.125. The Balaban J connectivity index is 2.30.